The summed E-state index contributed by atoms with van der Waals surface area (Å²) < 4.78 is 5.78. The maximum Gasteiger partial charge on any atom is 0.129 e. The molecule has 0 aromatic heterocycles. The molecule has 1 aromatic rings. The van der Waals surface area contributed by atoms with Gasteiger partial charge in [-0.05, 0) is 39.3 Å². The van der Waals surface area contributed by atoms with Crippen molar-refractivity contribution < 1.29 is 4.74 Å². The zero-order valence-electron chi connectivity index (χ0n) is 10.6. The van der Waals surface area contributed by atoms with Gasteiger partial charge in [0.25, 0.3) is 0 Å². The van der Waals surface area contributed by atoms with Gasteiger partial charge in [-0.25, -0.2) is 0 Å². The molecule has 0 unspecified atom stereocenters. The Morgan fingerprint density at radius 2 is 1.88 bits per heavy atom. The molecule has 0 N–H and O–H groups in total. The molecule has 0 saturated carbocycles. The van der Waals surface area contributed by atoms with Gasteiger partial charge in [-0.2, -0.15) is 0 Å². The van der Waals surface area contributed by atoms with Crippen LogP contribution in [0, 0.1) is 13.8 Å². The van der Waals surface area contributed by atoms with E-state index in [1.165, 1.54) is 11.1 Å². The van der Waals surface area contributed by atoms with Crippen molar-refractivity contribution in [3.63, 3.8) is 0 Å². The van der Waals surface area contributed by atoms with Crippen LogP contribution in [0.5, 0.6) is 5.75 Å². The largest absolute Gasteiger partial charge is 0.489 e. The predicted octanol–water partition coefficient (Wildman–Crippen LogP) is 4.29. The fourth-order valence-corrected chi connectivity index (χ4v) is 1.72. The van der Waals surface area contributed by atoms with Crippen LogP contribution in [-0.2, 0) is 0 Å². The van der Waals surface area contributed by atoms with E-state index in [4.69, 9.17) is 4.74 Å². The van der Waals surface area contributed by atoms with Crippen LogP contribution >= 0.6 is 0 Å². The fourth-order valence-electron chi connectivity index (χ4n) is 1.72. The Kier molecular flexibility index (Phi) is 4.84. The normalized spacial score (nSPS) is 11.5. The fraction of sp³-hybridized carbons (Fsp3) is 0.333. The molecular formula is C15H20O. The van der Waals surface area contributed by atoms with Crippen molar-refractivity contribution in [1.82, 2.24) is 0 Å². The van der Waals surface area contributed by atoms with E-state index in [0.29, 0.717) is 6.61 Å². The van der Waals surface area contributed by atoms with Crippen molar-refractivity contribution in [1.29, 1.82) is 0 Å². The molecule has 0 aliphatic heterocycles. The predicted molar refractivity (Wildman–Crippen MR) is 70.9 cm³/mol. The third-order valence-electron chi connectivity index (χ3n) is 2.35. The van der Waals surface area contributed by atoms with E-state index in [-0.39, 0.29) is 0 Å². The number of hydrogen-bond donors (Lipinski definition) is 0. The highest BCUT2D eigenvalue weighted by Crippen LogP contribution is 2.26. The van der Waals surface area contributed by atoms with Gasteiger partial charge in [-0.1, -0.05) is 35.9 Å². The zero-order valence-corrected chi connectivity index (χ0v) is 10.6. The van der Waals surface area contributed by atoms with E-state index >= 15 is 0 Å². The second-order valence-corrected chi connectivity index (χ2v) is 3.88. The summed E-state index contributed by atoms with van der Waals surface area (Å²) in [7, 11) is 0. The maximum absolute atomic E-state index is 5.78. The SMILES string of the molecule is C/C=C\c1cc(C)cc(C)c1OC/C=C/C. The van der Waals surface area contributed by atoms with Crippen LogP contribution in [0.25, 0.3) is 6.08 Å². The molecule has 0 radical (unpaired) electrons. The van der Waals surface area contributed by atoms with E-state index in [9.17, 15) is 0 Å². The quantitative estimate of drug-likeness (QED) is 0.682. The Balaban J connectivity index is 3.03. The third kappa shape index (κ3) is 3.27. The van der Waals surface area contributed by atoms with Gasteiger partial charge in [0.2, 0.25) is 0 Å². The Hall–Kier alpha value is -1.50. The van der Waals surface area contributed by atoms with Crippen LogP contribution in [0.2, 0.25) is 0 Å². The molecule has 0 saturated heterocycles. The number of rotatable bonds is 4. The van der Waals surface area contributed by atoms with Crippen molar-refractivity contribution in [2.75, 3.05) is 6.61 Å². The first-order valence-corrected chi connectivity index (χ1v) is 5.67. The smallest absolute Gasteiger partial charge is 0.129 e. The van der Waals surface area contributed by atoms with Crippen LogP contribution in [0.3, 0.4) is 0 Å². The molecule has 0 aliphatic rings. The minimum Gasteiger partial charge on any atom is -0.489 e. The third-order valence-corrected chi connectivity index (χ3v) is 2.35. The van der Waals surface area contributed by atoms with Crippen LogP contribution in [0.4, 0.5) is 0 Å². The molecule has 0 fully saturated rings. The number of ether oxygens (including phenoxy) is 1. The van der Waals surface area contributed by atoms with Crippen molar-refractivity contribution in [2.24, 2.45) is 0 Å². The van der Waals surface area contributed by atoms with Crippen LogP contribution in [-0.4, -0.2) is 6.61 Å². The Morgan fingerprint density at radius 1 is 1.12 bits per heavy atom. The summed E-state index contributed by atoms with van der Waals surface area (Å²) in [6.45, 7) is 8.84. The van der Waals surface area contributed by atoms with Crippen molar-refractivity contribution in [3.05, 3.63) is 47.1 Å². The second-order valence-electron chi connectivity index (χ2n) is 3.88. The monoisotopic (exact) mass is 216 g/mol. The highest BCUT2D eigenvalue weighted by molar-refractivity contribution is 5.61. The summed E-state index contributed by atoms with van der Waals surface area (Å²) in [5, 5.41) is 0. The summed E-state index contributed by atoms with van der Waals surface area (Å²) >= 11 is 0. The summed E-state index contributed by atoms with van der Waals surface area (Å²) in [6.07, 6.45) is 8.14. The number of aryl methyl sites for hydroxylation is 2. The van der Waals surface area contributed by atoms with Crippen LogP contribution in [0.1, 0.15) is 30.5 Å². The molecule has 1 rings (SSSR count). The molecule has 1 nitrogen and oxygen atoms in total. The Morgan fingerprint density at radius 3 is 2.50 bits per heavy atom. The average molecular weight is 216 g/mol. The van der Waals surface area contributed by atoms with Gasteiger partial charge in [-0.3, -0.25) is 0 Å². The van der Waals surface area contributed by atoms with E-state index in [0.717, 1.165) is 11.3 Å². The topological polar surface area (TPSA) is 9.23 Å². The molecule has 86 valence electrons. The Labute approximate surface area is 98.5 Å². The van der Waals surface area contributed by atoms with Crippen LogP contribution in [0.15, 0.2) is 30.4 Å². The summed E-state index contributed by atoms with van der Waals surface area (Å²) in [5.74, 6) is 0.988. The average Bonchev–Trinajstić information content (AvgIpc) is 2.22. The van der Waals surface area contributed by atoms with Gasteiger partial charge < -0.3 is 4.74 Å². The van der Waals surface area contributed by atoms with E-state index in [1.807, 2.05) is 32.1 Å². The van der Waals surface area contributed by atoms with Gasteiger partial charge in [0.05, 0.1) is 0 Å². The van der Waals surface area contributed by atoms with Gasteiger partial charge in [0.15, 0.2) is 0 Å². The lowest BCUT2D eigenvalue weighted by Gasteiger charge is -2.12. The first-order chi connectivity index (χ1) is 7.69. The lowest BCUT2D eigenvalue weighted by molar-refractivity contribution is 0.359. The van der Waals surface area contributed by atoms with E-state index in [1.54, 1.807) is 0 Å². The van der Waals surface area contributed by atoms with Gasteiger partial charge in [-0.15, -0.1) is 0 Å². The molecule has 0 amide bonds. The number of allylic oxidation sites excluding steroid dienone is 2. The second kappa shape index (κ2) is 6.16. The summed E-state index contributed by atoms with van der Waals surface area (Å²) in [5.41, 5.74) is 3.62. The summed E-state index contributed by atoms with van der Waals surface area (Å²) in [4.78, 5) is 0. The maximum atomic E-state index is 5.78. The molecule has 0 heterocycles. The minimum atomic E-state index is 0.630. The highest BCUT2D eigenvalue weighted by atomic mass is 16.5. The highest BCUT2D eigenvalue weighted by Gasteiger charge is 2.05. The van der Waals surface area contributed by atoms with Gasteiger partial charge in [0.1, 0.15) is 12.4 Å². The molecule has 1 aromatic carbocycles. The summed E-state index contributed by atoms with van der Waals surface area (Å²) in [6, 6.07) is 4.30. The van der Waals surface area contributed by atoms with Gasteiger partial charge in [0, 0.05) is 5.56 Å². The number of benzene rings is 1. The molecule has 0 bridgehead atoms. The standard InChI is InChI=1S/C15H20O/c1-5-7-9-16-15-13(4)10-12(3)11-14(15)8-6-2/h5-8,10-11H,9H2,1-4H3/b7-5+,8-6-. The number of hydrogen-bond acceptors (Lipinski definition) is 1. The lowest BCUT2D eigenvalue weighted by Crippen LogP contribution is -1.98. The first-order valence-electron chi connectivity index (χ1n) is 5.67. The van der Waals surface area contributed by atoms with E-state index in [2.05, 4.69) is 32.1 Å². The van der Waals surface area contributed by atoms with E-state index < -0.39 is 0 Å². The molecule has 1 heteroatoms. The molecule has 16 heavy (non-hydrogen) atoms. The zero-order chi connectivity index (χ0) is 12.0. The first kappa shape index (κ1) is 12.6. The minimum absolute atomic E-state index is 0.630. The van der Waals surface area contributed by atoms with Crippen molar-refractivity contribution in [3.8, 4) is 5.75 Å². The van der Waals surface area contributed by atoms with Crippen molar-refractivity contribution in [2.45, 2.75) is 27.7 Å². The van der Waals surface area contributed by atoms with Crippen molar-refractivity contribution >= 4 is 6.08 Å². The molecule has 0 aliphatic carbocycles. The van der Waals surface area contributed by atoms with Crippen LogP contribution < -0.4 is 4.74 Å². The lowest BCUT2D eigenvalue weighted by atomic mass is 10.1. The molecule has 0 spiro atoms. The van der Waals surface area contributed by atoms with Gasteiger partial charge >= 0.3 is 0 Å². The molecule has 0 atom stereocenters. The Bertz CT molecular complexity index is 400. The molecular weight excluding hydrogens is 196 g/mol.